The van der Waals surface area contributed by atoms with Gasteiger partial charge in [0.2, 0.25) is 0 Å². The Morgan fingerprint density at radius 1 is 1.17 bits per heavy atom. The summed E-state index contributed by atoms with van der Waals surface area (Å²) in [6.45, 7) is 0.972. The zero-order valence-corrected chi connectivity index (χ0v) is 15.0. The van der Waals surface area contributed by atoms with E-state index in [1.54, 1.807) is 18.4 Å². The number of hydrogen-bond donors (Lipinski definition) is 1. The number of ether oxygens (including phenoxy) is 1. The predicted molar refractivity (Wildman–Crippen MR) is 99.9 cm³/mol. The van der Waals surface area contributed by atoms with Crippen molar-refractivity contribution in [1.29, 1.82) is 0 Å². The highest BCUT2D eigenvalue weighted by molar-refractivity contribution is 7.19. The van der Waals surface area contributed by atoms with Crippen molar-refractivity contribution in [2.75, 3.05) is 19.0 Å². The van der Waals surface area contributed by atoms with Gasteiger partial charge in [-0.15, -0.1) is 11.3 Å². The minimum absolute atomic E-state index is 0.791. The van der Waals surface area contributed by atoms with E-state index in [0.717, 1.165) is 45.1 Å². The first-order valence-electron chi connectivity index (χ1n) is 8.02. The summed E-state index contributed by atoms with van der Waals surface area (Å²) in [5.74, 6) is 1.94. The lowest BCUT2D eigenvalue weighted by Crippen LogP contribution is -2.07. The third-order valence-corrected chi connectivity index (χ3v) is 5.49. The molecule has 124 valence electrons. The first-order chi connectivity index (χ1) is 11.8. The Kier molecular flexibility index (Phi) is 4.21. The fourth-order valence-electron chi connectivity index (χ4n) is 3.05. The fourth-order valence-corrected chi connectivity index (χ4v) is 4.11. The van der Waals surface area contributed by atoms with Crippen molar-refractivity contribution in [3.05, 3.63) is 46.3 Å². The molecule has 1 aromatic carbocycles. The van der Waals surface area contributed by atoms with Gasteiger partial charge in [0.05, 0.1) is 22.0 Å². The lowest BCUT2D eigenvalue weighted by atomic mass is 10.1. The van der Waals surface area contributed by atoms with E-state index in [2.05, 4.69) is 11.4 Å². The van der Waals surface area contributed by atoms with Crippen LogP contribution in [0.1, 0.15) is 18.4 Å². The molecular weight excluding hydrogens is 342 g/mol. The van der Waals surface area contributed by atoms with Crippen molar-refractivity contribution < 1.29 is 4.74 Å². The molecule has 0 fully saturated rings. The number of aromatic nitrogens is 2. The SMILES string of the molecule is COc1ccc(-n2nc(-c3ccc(Cl)s3)c3c2NCCCC3)cc1. The van der Waals surface area contributed by atoms with Gasteiger partial charge in [-0.1, -0.05) is 11.6 Å². The number of anilines is 1. The molecule has 0 bridgehead atoms. The van der Waals surface area contributed by atoms with Crippen LogP contribution in [0.5, 0.6) is 5.75 Å². The van der Waals surface area contributed by atoms with Gasteiger partial charge in [-0.25, -0.2) is 4.68 Å². The number of benzene rings is 1. The van der Waals surface area contributed by atoms with Gasteiger partial charge < -0.3 is 10.1 Å². The largest absolute Gasteiger partial charge is 0.497 e. The molecule has 4 rings (SSSR count). The van der Waals surface area contributed by atoms with Crippen molar-refractivity contribution in [3.63, 3.8) is 0 Å². The van der Waals surface area contributed by atoms with E-state index >= 15 is 0 Å². The van der Waals surface area contributed by atoms with Gasteiger partial charge in [0.1, 0.15) is 17.3 Å². The van der Waals surface area contributed by atoms with Gasteiger partial charge in [-0.3, -0.25) is 0 Å². The van der Waals surface area contributed by atoms with Gasteiger partial charge in [0.25, 0.3) is 0 Å². The molecule has 0 unspecified atom stereocenters. The van der Waals surface area contributed by atoms with E-state index in [9.17, 15) is 0 Å². The zero-order chi connectivity index (χ0) is 16.5. The fraction of sp³-hybridized carbons (Fsp3) is 0.278. The first kappa shape index (κ1) is 15.5. The number of nitrogens with zero attached hydrogens (tertiary/aromatic N) is 2. The third-order valence-electron chi connectivity index (χ3n) is 4.25. The van der Waals surface area contributed by atoms with E-state index in [-0.39, 0.29) is 0 Å². The van der Waals surface area contributed by atoms with Crippen LogP contribution in [0.2, 0.25) is 4.34 Å². The molecule has 24 heavy (non-hydrogen) atoms. The van der Waals surface area contributed by atoms with Crippen LogP contribution in [-0.4, -0.2) is 23.4 Å². The number of halogens is 1. The maximum Gasteiger partial charge on any atom is 0.133 e. The van der Waals surface area contributed by atoms with Crippen LogP contribution >= 0.6 is 22.9 Å². The third kappa shape index (κ3) is 2.78. The highest BCUT2D eigenvalue weighted by Crippen LogP contribution is 2.38. The molecule has 0 spiro atoms. The molecule has 0 atom stereocenters. The van der Waals surface area contributed by atoms with E-state index in [4.69, 9.17) is 21.4 Å². The van der Waals surface area contributed by atoms with Crippen LogP contribution in [0.4, 0.5) is 5.82 Å². The minimum Gasteiger partial charge on any atom is -0.497 e. The molecule has 6 heteroatoms. The van der Waals surface area contributed by atoms with Crippen LogP contribution in [0.25, 0.3) is 16.3 Å². The number of fused-ring (bicyclic) bond motifs is 1. The molecule has 0 saturated carbocycles. The summed E-state index contributed by atoms with van der Waals surface area (Å²) >= 11 is 7.71. The van der Waals surface area contributed by atoms with Gasteiger partial charge in [0.15, 0.2) is 0 Å². The summed E-state index contributed by atoms with van der Waals surface area (Å²) in [5.41, 5.74) is 3.34. The second-order valence-corrected chi connectivity index (χ2v) is 7.49. The molecule has 1 N–H and O–H groups in total. The van der Waals surface area contributed by atoms with Crippen LogP contribution in [0, 0.1) is 0 Å². The standard InChI is InChI=1S/C18H18ClN3OS/c1-23-13-7-5-12(6-8-13)22-18-14(4-2-3-11-20-18)17(21-22)15-9-10-16(19)24-15/h5-10,20H,2-4,11H2,1H3. The second kappa shape index (κ2) is 6.49. The van der Waals surface area contributed by atoms with E-state index < -0.39 is 0 Å². The molecule has 2 aromatic heterocycles. The minimum atomic E-state index is 0.791. The van der Waals surface area contributed by atoms with Crippen LogP contribution in [0.15, 0.2) is 36.4 Å². The molecule has 1 aliphatic heterocycles. The van der Waals surface area contributed by atoms with Gasteiger partial charge in [-0.05, 0) is 55.7 Å². The second-order valence-electron chi connectivity index (χ2n) is 5.77. The Bertz CT molecular complexity index is 854. The smallest absolute Gasteiger partial charge is 0.133 e. The first-order valence-corrected chi connectivity index (χ1v) is 9.21. The Balaban J connectivity index is 1.85. The van der Waals surface area contributed by atoms with E-state index in [1.807, 2.05) is 35.0 Å². The van der Waals surface area contributed by atoms with Crippen LogP contribution in [-0.2, 0) is 6.42 Å². The van der Waals surface area contributed by atoms with Crippen molar-refractivity contribution in [2.24, 2.45) is 0 Å². The van der Waals surface area contributed by atoms with Crippen molar-refractivity contribution in [3.8, 4) is 22.0 Å². The lowest BCUT2D eigenvalue weighted by Gasteiger charge is -2.09. The van der Waals surface area contributed by atoms with E-state index in [1.165, 1.54) is 18.4 Å². The highest BCUT2D eigenvalue weighted by atomic mass is 35.5. The van der Waals surface area contributed by atoms with Gasteiger partial charge in [0, 0.05) is 12.1 Å². The summed E-state index contributed by atoms with van der Waals surface area (Å²) in [4.78, 5) is 1.12. The zero-order valence-electron chi connectivity index (χ0n) is 13.4. The number of thiophene rings is 1. The Morgan fingerprint density at radius 3 is 2.71 bits per heavy atom. The highest BCUT2D eigenvalue weighted by Gasteiger charge is 2.22. The summed E-state index contributed by atoms with van der Waals surface area (Å²) < 4.78 is 8.05. The van der Waals surface area contributed by atoms with Crippen LogP contribution < -0.4 is 10.1 Å². The molecule has 1 aliphatic rings. The maximum absolute atomic E-state index is 6.14. The summed E-state index contributed by atoms with van der Waals surface area (Å²) in [6, 6.07) is 12.0. The summed E-state index contributed by atoms with van der Waals surface area (Å²) in [5, 5.41) is 8.47. The quantitative estimate of drug-likeness (QED) is 0.714. The van der Waals surface area contributed by atoms with Crippen LogP contribution in [0.3, 0.4) is 0 Å². The monoisotopic (exact) mass is 359 g/mol. The topological polar surface area (TPSA) is 39.1 Å². The molecular formula is C18H18ClN3OS. The average Bonchev–Trinajstić information content (AvgIpc) is 3.10. The molecule has 4 nitrogen and oxygen atoms in total. The number of methoxy groups -OCH3 is 1. The molecule has 0 saturated heterocycles. The van der Waals surface area contributed by atoms with Gasteiger partial charge in [-0.2, -0.15) is 5.10 Å². The lowest BCUT2D eigenvalue weighted by molar-refractivity contribution is 0.414. The maximum atomic E-state index is 6.14. The number of hydrogen-bond acceptors (Lipinski definition) is 4. The van der Waals surface area contributed by atoms with E-state index in [0.29, 0.717) is 0 Å². The predicted octanol–water partition coefficient (Wildman–Crippen LogP) is 5.01. The Labute approximate surface area is 150 Å². The normalized spacial score (nSPS) is 13.9. The number of rotatable bonds is 3. The Hall–Kier alpha value is -1.98. The van der Waals surface area contributed by atoms with Crippen molar-refractivity contribution in [1.82, 2.24) is 9.78 Å². The van der Waals surface area contributed by atoms with Crippen molar-refractivity contribution in [2.45, 2.75) is 19.3 Å². The summed E-state index contributed by atoms with van der Waals surface area (Å²) in [7, 11) is 1.68. The molecule has 0 aliphatic carbocycles. The average molecular weight is 360 g/mol. The van der Waals surface area contributed by atoms with Crippen molar-refractivity contribution >= 4 is 28.8 Å². The molecule has 0 radical (unpaired) electrons. The molecule has 3 heterocycles. The summed E-state index contributed by atoms with van der Waals surface area (Å²) in [6.07, 6.45) is 3.37. The molecule has 3 aromatic rings. The Morgan fingerprint density at radius 2 is 2.00 bits per heavy atom. The number of nitrogens with one attached hydrogen (secondary N) is 1. The van der Waals surface area contributed by atoms with Gasteiger partial charge >= 0.3 is 0 Å². The molecule has 0 amide bonds.